The van der Waals surface area contributed by atoms with Gasteiger partial charge < -0.3 is 24.7 Å². The van der Waals surface area contributed by atoms with Crippen molar-refractivity contribution in [3.63, 3.8) is 0 Å². The molecule has 2 N–H and O–H groups in total. The van der Waals surface area contributed by atoms with E-state index in [0.29, 0.717) is 0 Å². The summed E-state index contributed by atoms with van der Waals surface area (Å²) >= 11 is 0. The predicted octanol–water partition coefficient (Wildman–Crippen LogP) is -0.813. The normalized spacial score (nSPS) is 15.5. The molecule has 0 aromatic carbocycles. The van der Waals surface area contributed by atoms with E-state index in [1.54, 1.807) is 0 Å². The zero-order chi connectivity index (χ0) is 16.1. The van der Waals surface area contributed by atoms with Gasteiger partial charge in [-0.2, -0.15) is 0 Å². The fraction of sp³-hybridized carbons (Fsp3) is 0.667. The molecule has 0 aromatic rings. The molecular formula is C12H19NO7. The number of methoxy groups -OCH3 is 2. The van der Waals surface area contributed by atoms with Gasteiger partial charge in [0.1, 0.15) is 11.9 Å². The van der Waals surface area contributed by atoms with Crippen LogP contribution in [-0.2, 0) is 33.4 Å². The van der Waals surface area contributed by atoms with Crippen molar-refractivity contribution < 1.29 is 33.4 Å². The fourth-order valence-electron chi connectivity index (χ4n) is 1.34. The summed E-state index contributed by atoms with van der Waals surface area (Å²) in [5, 5.41) is 0. The van der Waals surface area contributed by atoms with Gasteiger partial charge in [-0.05, 0) is 20.8 Å². The summed E-state index contributed by atoms with van der Waals surface area (Å²) in [6.45, 7) is 4.62. The minimum absolute atomic E-state index is 0.0483. The lowest BCUT2D eigenvalue weighted by Crippen LogP contribution is -2.64. The van der Waals surface area contributed by atoms with Crippen LogP contribution in [0, 0.1) is 5.92 Å². The molecule has 0 bridgehead atoms. The molecule has 8 nitrogen and oxygen atoms in total. The number of esters is 3. The van der Waals surface area contributed by atoms with Crippen LogP contribution in [0.3, 0.4) is 0 Å². The Kier molecular flexibility index (Phi) is 5.83. The molecule has 0 unspecified atom stereocenters. The van der Waals surface area contributed by atoms with Crippen molar-refractivity contribution in [1.82, 2.24) is 0 Å². The van der Waals surface area contributed by atoms with Crippen LogP contribution in [0.15, 0.2) is 0 Å². The molecular weight excluding hydrogens is 270 g/mol. The maximum Gasteiger partial charge on any atom is 0.339 e. The molecule has 0 aliphatic carbocycles. The molecule has 0 aliphatic heterocycles. The molecule has 0 spiro atoms. The van der Waals surface area contributed by atoms with E-state index < -0.39 is 35.0 Å². The van der Waals surface area contributed by atoms with Crippen molar-refractivity contribution in [2.24, 2.45) is 11.7 Å². The number of carbonyl (C=O) groups is 4. The van der Waals surface area contributed by atoms with Crippen LogP contribution in [0.25, 0.3) is 0 Å². The standard InChI is InChI=1S/C12H19NO7/c1-11(2,3)20-10(17)12(13,9(16)19-5)7(6-14)8(15)18-4/h6-7H,13H2,1-5H3/t7-,12-/m0/s1. The summed E-state index contributed by atoms with van der Waals surface area (Å²) in [4.78, 5) is 46.4. The third kappa shape index (κ3) is 3.77. The Labute approximate surface area is 116 Å². The minimum Gasteiger partial charge on any atom is -0.468 e. The summed E-state index contributed by atoms with van der Waals surface area (Å²) in [6.07, 6.45) is 0.0483. The minimum atomic E-state index is -2.60. The molecule has 0 amide bonds. The average Bonchev–Trinajstić information content (AvgIpc) is 2.35. The van der Waals surface area contributed by atoms with E-state index in [9.17, 15) is 19.2 Å². The highest BCUT2D eigenvalue weighted by atomic mass is 16.6. The van der Waals surface area contributed by atoms with Gasteiger partial charge in [-0.1, -0.05) is 0 Å². The molecule has 0 heterocycles. The summed E-state index contributed by atoms with van der Waals surface area (Å²) < 4.78 is 13.7. The van der Waals surface area contributed by atoms with Gasteiger partial charge in [0.25, 0.3) is 0 Å². The summed E-state index contributed by atoms with van der Waals surface area (Å²) in [7, 11) is 1.96. The Balaban J connectivity index is 5.73. The quantitative estimate of drug-likeness (QED) is 0.302. The summed E-state index contributed by atoms with van der Waals surface area (Å²) in [5.41, 5.74) is 2.08. The molecule has 0 radical (unpaired) electrons. The van der Waals surface area contributed by atoms with Crippen molar-refractivity contribution in [1.29, 1.82) is 0 Å². The molecule has 2 atom stereocenters. The zero-order valence-corrected chi connectivity index (χ0v) is 12.1. The third-order valence-electron chi connectivity index (χ3n) is 2.34. The number of rotatable bonds is 5. The molecule has 0 saturated heterocycles. The monoisotopic (exact) mass is 289 g/mol. The van der Waals surface area contributed by atoms with Gasteiger partial charge in [0.15, 0.2) is 5.92 Å². The summed E-state index contributed by atoms with van der Waals surface area (Å²) in [5.74, 6) is -5.53. The molecule has 0 rings (SSSR count). The highest BCUT2D eigenvalue weighted by molar-refractivity contribution is 6.12. The van der Waals surface area contributed by atoms with E-state index in [4.69, 9.17) is 10.5 Å². The van der Waals surface area contributed by atoms with Crippen molar-refractivity contribution in [2.45, 2.75) is 31.9 Å². The Hall–Kier alpha value is -1.96. The van der Waals surface area contributed by atoms with Crippen LogP contribution in [0.5, 0.6) is 0 Å². The second-order valence-electron chi connectivity index (χ2n) is 5.00. The first-order valence-corrected chi connectivity index (χ1v) is 5.68. The van der Waals surface area contributed by atoms with Crippen molar-refractivity contribution in [3.05, 3.63) is 0 Å². The van der Waals surface area contributed by atoms with Crippen molar-refractivity contribution in [3.8, 4) is 0 Å². The van der Waals surface area contributed by atoms with Gasteiger partial charge in [0.05, 0.1) is 14.2 Å². The van der Waals surface area contributed by atoms with E-state index in [0.717, 1.165) is 14.2 Å². The second-order valence-corrected chi connectivity index (χ2v) is 5.00. The van der Waals surface area contributed by atoms with Crippen LogP contribution in [0.4, 0.5) is 0 Å². The maximum atomic E-state index is 12.1. The van der Waals surface area contributed by atoms with Crippen molar-refractivity contribution in [2.75, 3.05) is 14.2 Å². The Morgan fingerprint density at radius 1 is 1.05 bits per heavy atom. The Morgan fingerprint density at radius 3 is 1.85 bits per heavy atom. The number of carbonyl (C=O) groups excluding carboxylic acids is 4. The van der Waals surface area contributed by atoms with Crippen LogP contribution in [0.2, 0.25) is 0 Å². The molecule has 0 saturated carbocycles. The van der Waals surface area contributed by atoms with Crippen LogP contribution >= 0.6 is 0 Å². The lowest BCUT2D eigenvalue weighted by molar-refractivity contribution is -0.178. The number of ether oxygens (including phenoxy) is 3. The van der Waals surface area contributed by atoms with Crippen molar-refractivity contribution >= 4 is 24.2 Å². The number of hydrogen-bond donors (Lipinski definition) is 1. The Bertz CT molecular complexity index is 413. The second kappa shape index (κ2) is 6.47. The first kappa shape index (κ1) is 18.0. The van der Waals surface area contributed by atoms with Gasteiger partial charge in [-0.15, -0.1) is 0 Å². The lowest BCUT2D eigenvalue weighted by atomic mass is 9.85. The number of nitrogens with two attached hydrogens (primary N) is 1. The fourth-order valence-corrected chi connectivity index (χ4v) is 1.34. The van der Waals surface area contributed by atoms with E-state index in [1.807, 2.05) is 0 Å². The van der Waals surface area contributed by atoms with E-state index in [2.05, 4.69) is 9.47 Å². The van der Waals surface area contributed by atoms with E-state index in [-0.39, 0.29) is 6.29 Å². The van der Waals surface area contributed by atoms with Gasteiger partial charge in [0, 0.05) is 0 Å². The summed E-state index contributed by atoms with van der Waals surface area (Å²) in [6, 6.07) is 0. The van der Waals surface area contributed by atoms with Gasteiger partial charge in [0.2, 0.25) is 5.54 Å². The average molecular weight is 289 g/mol. The molecule has 8 heteroatoms. The number of aldehydes is 1. The maximum absolute atomic E-state index is 12.1. The van der Waals surface area contributed by atoms with Gasteiger partial charge in [-0.25, -0.2) is 9.59 Å². The lowest BCUT2D eigenvalue weighted by Gasteiger charge is -2.31. The molecule has 0 aliphatic rings. The van der Waals surface area contributed by atoms with E-state index in [1.165, 1.54) is 20.8 Å². The topological polar surface area (TPSA) is 122 Å². The first-order valence-electron chi connectivity index (χ1n) is 5.68. The Morgan fingerprint density at radius 2 is 1.55 bits per heavy atom. The first-order chi connectivity index (χ1) is 9.04. The molecule has 0 aromatic heterocycles. The zero-order valence-electron chi connectivity index (χ0n) is 12.1. The predicted molar refractivity (Wildman–Crippen MR) is 66.3 cm³/mol. The smallest absolute Gasteiger partial charge is 0.339 e. The largest absolute Gasteiger partial charge is 0.468 e. The van der Waals surface area contributed by atoms with Gasteiger partial charge in [-0.3, -0.25) is 4.79 Å². The van der Waals surface area contributed by atoms with Crippen LogP contribution in [-0.4, -0.2) is 49.6 Å². The van der Waals surface area contributed by atoms with Gasteiger partial charge >= 0.3 is 17.9 Å². The molecule has 20 heavy (non-hydrogen) atoms. The highest BCUT2D eigenvalue weighted by Crippen LogP contribution is 2.22. The van der Waals surface area contributed by atoms with Crippen LogP contribution in [0.1, 0.15) is 20.8 Å². The van der Waals surface area contributed by atoms with Crippen LogP contribution < -0.4 is 5.73 Å². The SMILES string of the molecule is COC(=O)[C@H](C=O)[C@](N)(C(=O)OC)C(=O)OC(C)(C)C. The van der Waals surface area contributed by atoms with E-state index >= 15 is 0 Å². The number of hydrogen-bond acceptors (Lipinski definition) is 8. The molecule has 0 fully saturated rings. The highest BCUT2D eigenvalue weighted by Gasteiger charge is 2.56. The molecule has 114 valence electrons. The third-order valence-corrected chi connectivity index (χ3v) is 2.34.